The van der Waals surface area contributed by atoms with Gasteiger partial charge in [0.15, 0.2) is 0 Å². The SMILES string of the molecule is C.C.C.C.C.C.CC(C)N(C(c1ccccc1)c1ccccc1)P(O)O.Cc1ccc(C(c2ccc(C)cc2)N(C(C)C)P(O)O)cc1.OP(O)N(C1CCCC1)C(c1ccccc1)c1ccccc1.OP(O)N(C1CCCCC1)C(c1ccccc1)c1ccccc1.OP(O)N(C1CCCCCC1)C(c1ccccc1)c1ccccc1.OP(O)N(C1CCCCCCC1)C(c1ccccc1)c1ccccc1. The second kappa shape index (κ2) is 67.4. The molecule has 12 aromatic rings. The smallest absolute Gasteiger partial charge is 0.254 e. The van der Waals surface area contributed by atoms with E-state index < -0.39 is 51.2 Å². The van der Waals surface area contributed by atoms with E-state index in [1.54, 1.807) is 9.34 Å². The van der Waals surface area contributed by atoms with Gasteiger partial charge in [-0.3, -0.25) is 0 Å². The minimum Gasteiger partial charge on any atom is -0.338 e. The van der Waals surface area contributed by atoms with Crippen molar-refractivity contribution in [2.45, 2.75) is 300 Å². The summed E-state index contributed by atoms with van der Waals surface area (Å²) >= 11 is 0. The van der Waals surface area contributed by atoms with E-state index in [-0.39, 0.29) is 117 Å². The summed E-state index contributed by atoms with van der Waals surface area (Å²) in [6.45, 7) is 12.0. The highest BCUT2D eigenvalue weighted by Gasteiger charge is 2.41. The predicted octanol–water partition coefficient (Wildman–Crippen LogP) is 31.1. The van der Waals surface area contributed by atoms with Crippen LogP contribution in [0.4, 0.5) is 0 Å². The van der Waals surface area contributed by atoms with Crippen LogP contribution in [0.3, 0.4) is 0 Å². The molecule has 4 saturated carbocycles. The Balaban J connectivity index is 0.000000298. The van der Waals surface area contributed by atoms with Crippen LogP contribution in [-0.2, 0) is 0 Å². The molecule has 0 bridgehead atoms. The van der Waals surface area contributed by atoms with Gasteiger partial charge in [0.25, 0.3) is 51.2 Å². The third-order valence-corrected chi connectivity index (χ3v) is 32.2. The number of hydrogen-bond acceptors (Lipinski definition) is 18. The van der Waals surface area contributed by atoms with Gasteiger partial charge >= 0.3 is 0 Å². The van der Waals surface area contributed by atoms with Crippen molar-refractivity contribution in [1.82, 2.24) is 28.0 Å². The van der Waals surface area contributed by atoms with E-state index in [1.807, 2.05) is 253 Å². The molecule has 0 aromatic heterocycles. The quantitative estimate of drug-likeness (QED) is 0.0147. The molecule has 24 heteroatoms. The van der Waals surface area contributed by atoms with Crippen LogP contribution in [-0.4, -0.2) is 123 Å². The summed E-state index contributed by atoms with van der Waals surface area (Å²) in [6.07, 6.45) is 25.2. The third-order valence-electron chi connectivity index (χ3n) is 26.1. The van der Waals surface area contributed by atoms with Crippen LogP contribution in [0.5, 0.6) is 0 Å². The summed E-state index contributed by atoms with van der Waals surface area (Å²) < 4.78 is 11.3. The van der Waals surface area contributed by atoms with Crippen LogP contribution in [0.25, 0.3) is 0 Å². The van der Waals surface area contributed by atoms with Crippen molar-refractivity contribution in [3.63, 3.8) is 0 Å². The van der Waals surface area contributed by atoms with E-state index in [1.165, 1.54) is 101 Å². The van der Waals surface area contributed by atoms with Gasteiger partial charge in [0.1, 0.15) is 0 Å². The molecular weight excluding hydrogens is 1880 g/mol. The summed E-state index contributed by atoms with van der Waals surface area (Å²) in [5.41, 5.74) is 15.5. The monoisotopic (exact) mass is 2050 g/mol. The zero-order valence-corrected chi connectivity index (χ0v) is 85.1. The van der Waals surface area contributed by atoms with Gasteiger partial charge in [-0.1, -0.05) is 497 Å². The van der Waals surface area contributed by atoms with Gasteiger partial charge in [-0.25, -0.2) is 28.0 Å². The Morgan fingerprint density at radius 1 is 0.176 bits per heavy atom. The molecular formula is C118H168N6O12P6. The molecule has 0 aliphatic heterocycles. The maximum atomic E-state index is 10.4. The molecule has 12 aromatic carbocycles. The lowest BCUT2D eigenvalue weighted by atomic mass is 9.92. The Bertz CT molecular complexity index is 4900. The molecule has 0 radical (unpaired) electrons. The average molecular weight is 2050 g/mol. The first-order chi connectivity index (χ1) is 66.1. The largest absolute Gasteiger partial charge is 0.338 e. The van der Waals surface area contributed by atoms with Gasteiger partial charge in [0.05, 0.1) is 36.3 Å². The molecule has 4 aliphatic carbocycles. The topological polar surface area (TPSA) is 262 Å². The summed E-state index contributed by atoms with van der Waals surface area (Å²) in [5.74, 6) is 0. The summed E-state index contributed by atoms with van der Waals surface area (Å²) in [6, 6.07) is 118. The summed E-state index contributed by atoms with van der Waals surface area (Å²) in [7, 11) is -12.9. The fourth-order valence-corrected chi connectivity index (χ4v) is 25.4. The molecule has 12 N–H and O–H groups in total. The Labute approximate surface area is 861 Å². The molecule has 18 nitrogen and oxygen atoms in total. The van der Waals surface area contributed by atoms with Crippen molar-refractivity contribution < 1.29 is 58.7 Å². The van der Waals surface area contributed by atoms with Gasteiger partial charge in [-0.05, 0) is 160 Å². The highest BCUT2D eigenvalue weighted by Crippen LogP contribution is 2.53. The Hall–Kier alpha value is -7.50. The zero-order valence-electron chi connectivity index (χ0n) is 79.7. The Kier molecular flexibility index (Phi) is 59.3. The highest BCUT2D eigenvalue weighted by molar-refractivity contribution is 7.43. The summed E-state index contributed by atoms with van der Waals surface area (Å²) in [5, 5.41) is 0. The Morgan fingerprint density at radius 3 is 0.444 bits per heavy atom. The molecule has 0 spiro atoms. The predicted molar refractivity (Wildman–Crippen MR) is 604 cm³/mol. The van der Waals surface area contributed by atoms with Crippen molar-refractivity contribution in [2.75, 3.05) is 0 Å². The van der Waals surface area contributed by atoms with Crippen molar-refractivity contribution in [1.29, 1.82) is 0 Å². The normalized spacial score (nSPS) is 14.5. The molecule has 772 valence electrons. The van der Waals surface area contributed by atoms with E-state index >= 15 is 0 Å². The van der Waals surface area contributed by atoms with E-state index in [0.29, 0.717) is 0 Å². The van der Waals surface area contributed by atoms with Crippen molar-refractivity contribution in [2.24, 2.45) is 0 Å². The van der Waals surface area contributed by atoms with Crippen LogP contribution < -0.4 is 0 Å². The standard InChI is InChI=1S/C21H28NO2P.C20H26NO2P.C19H24NO2P.C18H22NO2P.C18H24NO2P.C16H20NO2P.6CH4/c23-25(24)22(20-16-10-2-1-3-11-17-20)21(18-12-6-4-7-13-18)19-14-8-5-9-15-19;22-24(23)21(19-15-9-1-2-10-16-19)20(17-11-5-3-6-12-17)18-13-7-4-8-14-18;21-23(22)20(18-14-8-3-9-15-18)19(16-10-4-1-5-11-16)17-12-6-2-7-13-17;20-22(21)19(17-13-7-8-14-17)18(15-9-3-1-4-10-15)16-11-5-2-6-12-16;1-13(2)19(22(20)21)18(16-9-5-14(3)6-10-16)17-11-7-15(4)8-12-17;1-13(2)17(20(18)19)16(14-9-5-3-6-10-14)15-11-7-4-8-12-15;;;;;;/h4-9,12-15,20-21,23-24H,1-3,10-11,16-17H2;3-8,11-14,19-20,22-23H,1-2,9-10,15-16H2;1-2,4-7,10-13,18-19,21-22H,3,8-9,14-15H2;1-6,9-12,17-18,20-21H,7-8,13-14H2;5-13,18,20-21H,1-4H3;3-13,16,18-19H,1-2H3;6*1H4. The minimum atomic E-state index is -2.17. The second-order valence-electron chi connectivity index (χ2n) is 36.3. The maximum absolute atomic E-state index is 10.4. The van der Waals surface area contributed by atoms with E-state index in [0.717, 1.165) is 118 Å². The van der Waals surface area contributed by atoms with Crippen LogP contribution in [0.15, 0.2) is 352 Å². The lowest BCUT2D eigenvalue weighted by Crippen LogP contribution is -2.36. The lowest BCUT2D eigenvalue weighted by molar-refractivity contribution is 0.196. The molecule has 4 aliphatic rings. The van der Waals surface area contributed by atoms with E-state index in [9.17, 15) is 58.7 Å². The number of benzene rings is 12. The molecule has 0 unspecified atom stereocenters. The zero-order chi connectivity index (χ0) is 96.5. The van der Waals surface area contributed by atoms with Gasteiger partial charge < -0.3 is 58.7 Å². The molecule has 0 amide bonds. The third kappa shape index (κ3) is 37.7. The van der Waals surface area contributed by atoms with Crippen LogP contribution >= 0.6 is 51.2 Å². The fourth-order valence-electron chi connectivity index (χ4n) is 19.6. The van der Waals surface area contributed by atoms with Gasteiger partial charge in [0.2, 0.25) is 0 Å². The molecule has 4 fully saturated rings. The minimum absolute atomic E-state index is 0. The molecule has 142 heavy (non-hydrogen) atoms. The number of rotatable bonds is 30. The van der Waals surface area contributed by atoms with E-state index in [4.69, 9.17) is 0 Å². The van der Waals surface area contributed by atoms with Crippen molar-refractivity contribution in [3.8, 4) is 0 Å². The van der Waals surface area contributed by atoms with Crippen LogP contribution in [0.2, 0.25) is 0 Å². The van der Waals surface area contributed by atoms with Gasteiger partial charge in [-0.15, -0.1) is 0 Å². The van der Waals surface area contributed by atoms with Crippen molar-refractivity contribution in [3.05, 3.63) is 430 Å². The molecule has 16 rings (SSSR count). The first-order valence-electron chi connectivity index (χ1n) is 48.5. The number of hydrogen-bond donors (Lipinski definition) is 12. The Morgan fingerprint density at radius 2 is 0.303 bits per heavy atom. The highest BCUT2D eigenvalue weighted by atomic mass is 31.2. The fraction of sp³-hybridized carbons (Fsp3) is 0.390. The van der Waals surface area contributed by atoms with Crippen LogP contribution in [0.1, 0.15) is 328 Å². The van der Waals surface area contributed by atoms with Gasteiger partial charge in [0, 0.05) is 36.3 Å². The average Bonchev–Trinajstić information content (AvgIpc) is 0.892. The molecule has 0 saturated heterocycles. The maximum Gasteiger partial charge on any atom is 0.254 e. The molecule has 0 heterocycles. The van der Waals surface area contributed by atoms with Crippen molar-refractivity contribution >= 4 is 51.2 Å². The number of aryl methyl sites for hydroxylation is 2. The molecule has 0 atom stereocenters. The summed E-state index contributed by atoms with van der Waals surface area (Å²) in [4.78, 5) is 121. The van der Waals surface area contributed by atoms with Gasteiger partial charge in [-0.2, -0.15) is 0 Å². The number of nitrogens with zero attached hydrogens (tertiary/aromatic N) is 6. The lowest BCUT2D eigenvalue weighted by Gasteiger charge is -2.40. The van der Waals surface area contributed by atoms with E-state index in [2.05, 4.69) is 159 Å². The second-order valence-corrected chi connectivity index (χ2v) is 42.3. The first-order valence-corrected chi connectivity index (χ1v) is 55.7. The first kappa shape index (κ1) is 125. The van der Waals surface area contributed by atoms with Crippen LogP contribution in [0, 0.1) is 13.8 Å².